The van der Waals surface area contributed by atoms with Gasteiger partial charge < -0.3 is 18.6 Å². The zero-order valence-corrected chi connectivity index (χ0v) is 19.6. The van der Waals surface area contributed by atoms with E-state index in [0.717, 1.165) is 12.1 Å². The summed E-state index contributed by atoms with van der Waals surface area (Å²) in [6.07, 6.45) is 1.39. The van der Waals surface area contributed by atoms with Gasteiger partial charge in [-0.05, 0) is 48.0 Å². The lowest BCUT2D eigenvalue weighted by atomic mass is 9.97. The third kappa shape index (κ3) is 3.55. The summed E-state index contributed by atoms with van der Waals surface area (Å²) in [6, 6.07) is 8.97. The Morgan fingerprint density at radius 3 is 2.31 bits per heavy atom. The van der Waals surface area contributed by atoms with E-state index in [0.29, 0.717) is 27.8 Å². The Labute approximate surface area is 203 Å². The largest absolute Gasteiger partial charge is 0.493 e. The summed E-state index contributed by atoms with van der Waals surface area (Å²) >= 11 is 6.00. The van der Waals surface area contributed by atoms with Gasteiger partial charge in [0.1, 0.15) is 17.2 Å². The first-order valence-electron chi connectivity index (χ1n) is 10.4. The van der Waals surface area contributed by atoms with E-state index in [1.807, 2.05) is 0 Å². The molecule has 3 heterocycles. The van der Waals surface area contributed by atoms with Crippen molar-refractivity contribution in [3.63, 3.8) is 0 Å². The topological polar surface area (TPSA) is 91.1 Å². The highest BCUT2D eigenvalue weighted by Gasteiger charge is 2.45. The first-order valence-corrected chi connectivity index (χ1v) is 10.8. The number of rotatable bonds is 5. The fraction of sp³-hybridized carbons (Fsp3) is 0.160. The number of carbonyl (C=O) groups is 1. The number of ether oxygens (including phenoxy) is 3. The van der Waals surface area contributed by atoms with Crippen molar-refractivity contribution in [1.82, 2.24) is 4.98 Å². The van der Waals surface area contributed by atoms with E-state index in [1.165, 1.54) is 38.5 Å². The fourth-order valence-electron chi connectivity index (χ4n) is 4.27. The summed E-state index contributed by atoms with van der Waals surface area (Å²) in [5.74, 6) is -0.131. The molecule has 2 aromatic heterocycles. The molecule has 1 aliphatic rings. The molecule has 1 amide bonds. The summed E-state index contributed by atoms with van der Waals surface area (Å²) in [5.41, 5.74) is 0.0629. The molecule has 2 aromatic carbocycles. The maximum absolute atomic E-state index is 14.0. The molecule has 0 bridgehead atoms. The Hall–Kier alpha value is -4.11. The summed E-state index contributed by atoms with van der Waals surface area (Å²) in [6.45, 7) is 0. The molecule has 0 saturated carbocycles. The summed E-state index contributed by atoms with van der Waals surface area (Å²) in [5, 5.41) is 0.387. The second-order valence-corrected chi connectivity index (χ2v) is 8.12. The Kier molecular flexibility index (Phi) is 5.56. The molecule has 4 aromatic rings. The van der Waals surface area contributed by atoms with Crippen molar-refractivity contribution in [3.05, 3.63) is 86.6 Å². The number of aromatic nitrogens is 1. The van der Waals surface area contributed by atoms with E-state index < -0.39 is 23.2 Å². The third-order valence-electron chi connectivity index (χ3n) is 5.79. The highest BCUT2D eigenvalue weighted by molar-refractivity contribution is 6.30. The molecule has 0 aliphatic carbocycles. The van der Waals surface area contributed by atoms with E-state index in [9.17, 15) is 14.0 Å². The summed E-state index contributed by atoms with van der Waals surface area (Å²) < 4.78 is 36.2. The van der Waals surface area contributed by atoms with Gasteiger partial charge in [0.2, 0.25) is 11.5 Å². The summed E-state index contributed by atoms with van der Waals surface area (Å²) in [4.78, 5) is 32.9. The number of nitrogens with zero attached hydrogens (tertiary/aromatic N) is 2. The van der Waals surface area contributed by atoms with Crippen LogP contribution in [0.3, 0.4) is 0 Å². The zero-order chi connectivity index (χ0) is 24.9. The molecule has 8 nitrogen and oxygen atoms in total. The number of pyridine rings is 1. The first-order chi connectivity index (χ1) is 16.9. The number of methoxy groups -OCH3 is 3. The van der Waals surface area contributed by atoms with Crippen LogP contribution in [0.1, 0.15) is 27.7 Å². The van der Waals surface area contributed by atoms with Crippen LogP contribution in [0.5, 0.6) is 17.2 Å². The van der Waals surface area contributed by atoms with Crippen LogP contribution in [0.15, 0.2) is 57.9 Å². The van der Waals surface area contributed by atoms with Gasteiger partial charge in [-0.1, -0.05) is 11.6 Å². The third-order valence-corrected chi connectivity index (χ3v) is 6.02. The monoisotopic (exact) mass is 496 g/mol. The van der Waals surface area contributed by atoms with Gasteiger partial charge in [0.05, 0.1) is 43.3 Å². The molecule has 178 valence electrons. The SMILES string of the molecule is COc1cc(C2c3c(oc4ccc(F)cc4c3=O)C(=O)N2c2ccc(Cl)cn2)cc(OC)c1OC. The molecule has 5 rings (SSSR count). The van der Waals surface area contributed by atoms with Gasteiger partial charge >= 0.3 is 0 Å². The van der Waals surface area contributed by atoms with Crippen LogP contribution in [0, 0.1) is 5.82 Å². The number of halogens is 2. The predicted molar refractivity (Wildman–Crippen MR) is 126 cm³/mol. The van der Waals surface area contributed by atoms with Gasteiger partial charge in [-0.15, -0.1) is 0 Å². The Bertz CT molecular complexity index is 1510. The molecule has 1 atom stereocenters. The van der Waals surface area contributed by atoms with Crippen LogP contribution < -0.4 is 24.5 Å². The number of carbonyl (C=O) groups excluding carboxylic acids is 1. The van der Waals surface area contributed by atoms with E-state index >= 15 is 0 Å². The minimum Gasteiger partial charge on any atom is -0.493 e. The number of hydrogen-bond acceptors (Lipinski definition) is 7. The zero-order valence-electron chi connectivity index (χ0n) is 18.8. The highest BCUT2D eigenvalue weighted by Crippen LogP contribution is 2.46. The Balaban J connectivity index is 1.84. The van der Waals surface area contributed by atoms with E-state index in [1.54, 1.807) is 24.3 Å². The predicted octanol–water partition coefficient (Wildman–Crippen LogP) is 4.76. The van der Waals surface area contributed by atoms with Gasteiger partial charge in [-0.3, -0.25) is 14.5 Å². The van der Waals surface area contributed by atoms with Gasteiger partial charge in [-0.2, -0.15) is 0 Å². The molecule has 1 aliphatic heterocycles. The van der Waals surface area contributed by atoms with Gasteiger partial charge in [0, 0.05) is 6.20 Å². The van der Waals surface area contributed by atoms with E-state index in [-0.39, 0.29) is 28.1 Å². The second kappa shape index (κ2) is 8.59. The van der Waals surface area contributed by atoms with Crippen LogP contribution in [0.4, 0.5) is 10.2 Å². The number of anilines is 1. The Morgan fingerprint density at radius 1 is 1.00 bits per heavy atom. The van der Waals surface area contributed by atoms with Gasteiger partial charge in [0.25, 0.3) is 5.91 Å². The number of benzene rings is 2. The average molecular weight is 497 g/mol. The minimum atomic E-state index is -0.983. The lowest BCUT2D eigenvalue weighted by Crippen LogP contribution is -2.30. The van der Waals surface area contributed by atoms with Crippen molar-refractivity contribution in [2.45, 2.75) is 6.04 Å². The molecule has 0 spiro atoms. The number of amides is 1. The molecule has 0 fully saturated rings. The smallest absolute Gasteiger partial charge is 0.296 e. The lowest BCUT2D eigenvalue weighted by Gasteiger charge is -2.25. The van der Waals surface area contributed by atoms with Crippen LogP contribution in [0.2, 0.25) is 5.02 Å². The van der Waals surface area contributed by atoms with Crippen molar-refractivity contribution in [1.29, 1.82) is 0 Å². The van der Waals surface area contributed by atoms with Crippen molar-refractivity contribution >= 4 is 34.3 Å². The van der Waals surface area contributed by atoms with Crippen LogP contribution >= 0.6 is 11.6 Å². The minimum absolute atomic E-state index is 0.0138. The fourth-order valence-corrected chi connectivity index (χ4v) is 4.38. The second-order valence-electron chi connectivity index (χ2n) is 7.69. The summed E-state index contributed by atoms with van der Waals surface area (Å²) in [7, 11) is 4.38. The highest BCUT2D eigenvalue weighted by atomic mass is 35.5. The molecule has 10 heteroatoms. The first kappa shape index (κ1) is 22.7. The van der Waals surface area contributed by atoms with Crippen molar-refractivity contribution < 1.29 is 27.8 Å². The molecule has 0 radical (unpaired) electrons. The number of fused-ring (bicyclic) bond motifs is 2. The van der Waals surface area contributed by atoms with Gasteiger partial charge in [-0.25, -0.2) is 9.37 Å². The maximum atomic E-state index is 14.0. The van der Waals surface area contributed by atoms with E-state index in [2.05, 4.69) is 4.98 Å². The standard InChI is InChI=1S/C25H18ClFN2O6/c1-32-17-8-12(9-18(33-2)23(17)34-3)21-20-22(30)15-10-14(27)5-6-16(15)35-24(20)25(31)29(21)19-7-4-13(26)11-28-19/h4-11,21H,1-3H3. The van der Waals surface area contributed by atoms with Crippen molar-refractivity contribution in [3.8, 4) is 17.2 Å². The molecule has 35 heavy (non-hydrogen) atoms. The quantitative estimate of drug-likeness (QED) is 0.393. The Morgan fingerprint density at radius 2 is 1.71 bits per heavy atom. The van der Waals surface area contributed by atoms with Crippen LogP contribution in [-0.4, -0.2) is 32.2 Å². The lowest BCUT2D eigenvalue weighted by molar-refractivity contribution is 0.0970. The van der Waals surface area contributed by atoms with Gasteiger partial charge in [0.15, 0.2) is 16.9 Å². The van der Waals surface area contributed by atoms with Crippen LogP contribution in [-0.2, 0) is 0 Å². The molecule has 0 saturated heterocycles. The average Bonchev–Trinajstić information content (AvgIpc) is 3.16. The maximum Gasteiger partial charge on any atom is 0.296 e. The molecular weight excluding hydrogens is 479 g/mol. The molecular formula is C25H18ClFN2O6. The van der Waals surface area contributed by atoms with E-state index in [4.69, 9.17) is 30.2 Å². The van der Waals surface area contributed by atoms with Crippen molar-refractivity contribution in [2.75, 3.05) is 26.2 Å². The molecule has 1 unspecified atom stereocenters. The van der Waals surface area contributed by atoms with Crippen LogP contribution in [0.25, 0.3) is 11.0 Å². The number of hydrogen-bond donors (Lipinski definition) is 0. The van der Waals surface area contributed by atoms with Crippen molar-refractivity contribution in [2.24, 2.45) is 0 Å². The normalized spacial score (nSPS) is 14.8. The molecule has 0 N–H and O–H groups in total.